The van der Waals surface area contributed by atoms with Gasteiger partial charge in [0.25, 0.3) is 0 Å². The summed E-state index contributed by atoms with van der Waals surface area (Å²) in [5.74, 6) is 2.47. The molecule has 3 aliphatic heterocycles. The molecule has 0 bridgehead atoms. The number of amidine groups is 2. The van der Waals surface area contributed by atoms with E-state index >= 15 is 0 Å². The van der Waals surface area contributed by atoms with Crippen LogP contribution in [0.15, 0.2) is 9.98 Å². The summed E-state index contributed by atoms with van der Waals surface area (Å²) in [6, 6.07) is 0. The topological polar surface area (TPSA) is 44.2 Å². The highest BCUT2D eigenvalue weighted by Gasteiger charge is 2.23. The predicted octanol–water partition coefficient (Wildman–Crippen LogP) is 1.76. The molecule has 0 atom stereocenters. The van der Waals surface area contributed by atoms with E-state index in [0.717, 1.165) is 52.7 Å². The zero-order chi connectivity index (χ0) is 22.8. The van der Waals surface area contributed by atoms with Crippen LogP contribution in [0.5, 0.6) is 0 Å². The van der Waals surface area contributed by atoms with Crippen LogP contribution in [0.2, 0.25) is 0 Å². The fourth-order valence-corrected chi connectivity index (χ4v) is 5.06. The van der Waals surface area contributed by atoms with Gasteiger partial charge in [-0.25, -0.2) is 0 Å². The minimum atomic E-state index is 1.01. The van der Waals surface area contributed by atoms with Crippen LogP contribution in [-0.2, 0) is 0 Å². The largest absolute Gasteiger partial charge is 0.360 e. The summed E-state index contributed by atoms with van der Waals surface area (Å²) < 4.78 is 0. The van der Waals surface area contributed by atoms with Gasteiger partial charge in [-0.3, -0.25) is 24.7 Å². The molecule has 0 aliphatic carbocycles. The Labute approximate surface area is 196 Å². The van der Waals surface area contributed by atoms with Gasteiger partial charge in [-0.1, -0.05) is 0 Å². The highest BCUT2D eigenvalue weighted by Crippen LogP contribution is 2.12. The third-order valence-electron chi connectivity index (χ3n) is 6.85. The van der Waals surface area contributed by atoms with Crippen molar-refractivity contribution in [3.8, 4) is 0 Å². The van der Waals surface area contributed by atoms with E-state index in [4.69, 9.17) is 0 Å². The Kier molecular flexibility index (Phi) is 10.7. The highest BCUT2D eigenvalue weighted by atomic mass is 15.5. The van der Waals surface area contributed by atoms with Gasteiger partial charge in [-0.2, -0.15) is 0 Å². The van der Waals surface area contributed by atoms with Crippen molar-refractivity contribution in [2.45, 2.75) is 46.0 Å². The fraction of sp³-hybridized carbons (Fsp3) is 0.917. The van der Waals surface area contributed by atoms with Crippen molar-refractivity contribution in [1.29, 1.82) is 0 Å². The average Bonchev–Trinajstić information content (AvgIpc) is 2.76. The van der Waals surface area contributed by atoms with Crippen molar-refractivity contribution < 1.29 is 0 Å². The lowest BCUT2D eigenvalue weighted by molar-refractivity contribution is -0.0319. The van der Waals surface area contributed by atoms with E-state index in [2.05, 4.69) is 67.3 Å². The first-order chi connectivity index (χ1) is 15.5. The van der Waals surface area contributed by atoms with E-state index in [9.17, 15) is 0 Å². The Morgan fingerprint density at radius 1 is 0.656 bits per heavy atom. The molecule has 3 rings (SSSR count). The molecule has 0 aromatic heterocycles. The zero-order valence-corrected chi connectivity index (χ0v) is 21.3. The maximum Gasteiger partial charge on any atom is 0.0957 e. The second-order valence-electron chi connectivity index (χ2n) is 10.0. The summed E-state index contributed by atoms with van der Waals surface area (Å²) in [6.07, 6.45) is 6.08. The van der Waals surface area contributed by atoms with E-state index in [0.29, 0.717) is 0 Å². The number of aliphatic imine (C=N–C) groups is 2. The van der Waals surface area contributed by atoms with Crippen molar-refractivity contribution in [1.82, 2.24) is 29.4 Å². The van der Waals surface area contributed by atoms with Crippen LogP contribution < -0.4 is 0 Å². The lowest BCUT2D eigenvalue weighted by atomic mass is 10.2. The smallest absolute Gasteiger partial charge is 0.0957 e. The molecule has 3 aliphatic rings. The van der Waals surface area contributed by atoms with Crippen molar-refractivity contribution in [2.75, 3.05) is 99.5 Å². The van der Waals surface area contributed by atoms with Gasteiger partial charge in [0.05, 0.1) is 31.7 Å². The van der Waals surface area contributed by atoms with Crippen LogP contribution in [0.1, 0.15) is 46.0 Å². The summed E-state index contributed by atoms with van der Waals surface area (Å²) in [6.45, 7) is 19.0. The molecule has 3 heterocycles. The highest BCUT2D eigenvalue weighted by molar-refractivity contribution is 5.80. The van der Waals surface area contributed by atoms with Crippen LogP contribution in [0, 0.1) is 0 Å². The fourth-order valence-electron chi connectivity index (χ4n) is 5.06. The zero-order valence-electron chi connectivity index (χ0n) is 21.3. The molecule has 0 saturated carbocycles. The molecular formula is C24H48N8. The molecule has 1 saturated heterocycles. The Morgan fingerprint density at radius 2 is 1.09 bits per heavy atom. The van der Waals surface area contributed by atoms with E-state index in [-0.39, 0.29) is 0 Å². The quantitative estimate of drug-likeness (QED) is 0.453. The summed E-state index contributed by atoms with van der Waals surface area (Å²) in [5, 5.41) is 0. The van der Waals surface area contributed by atoms with E-state index in [1.54, 1.807) is 0 Å². The van der Waals surface area contributed by atoms with Crippen molar-refractivity contribution in [2.24, 2.45) is 9.98 Å². The monoisotopic (exact) mass is 448 g/mol. The molecule has 32 heavy (non-hydrogen) atoms. The van der Waals surface area contributed by atoms with Gasteiger partial charge in [0.2, 0.25) is 0 Å². The molecule has 0 amide bonds. The second-order valence-corrected chi connectivity index (χ2v) is 10.0. The van der Waals surface area contributed by atoms with Gasteiger partial charge in [-0.15, -0.1) is 0 Å². The number of nitrogens with zero attached hydrogens (tertiary/aromatic N) is 8. The Bertz CT molecular complexity index is 561. The maximum atomic E-state index is 4.62. The molecule has 184 valence electrons. The van der Waals surface area contributed by atoms with Crippen LogP contribution in [0.25, 0.3) is 0 Å². The number of hydrogen-bond donors (Lipinski definition) is 0. The van der Waals surface area contributed by atoms with E-state index in [1.807, 2.05) is 0 Å². The minimum Gasteiger partial charge on any atom is -0.360 e. The number of rotatable bonds is 12. The molecule has 0 aromatic rings. The summed E-state index contributed by atoms with van der Waals surface area (Å²) in [5.41, 5.74) is 0. The van der Waals surface area contributed by atoms with Crippen molar-refractivity contribution in [3.63, 3.8) is 0 Å². The van der Waals surface area contributed by atoms with Crippen molar-refractivity contribution in [3.05, 3.63) is 0 Å². The Balaban J connectivity index is 1.45. The second kappa shape index (κ2) is 13.5. The summed E-state index contributed by atoms with van der Waals surface area (Å²) in [7, 11) is 4.35. The lowest BCUT2D eigenvalue weighted by Gasteiger charge is -2.43. The van der Waals surface area contributed by atoms with Crippen LogP contribution in [0.4, 0.5) is 0 Å². The first kappa shape index (κ1) is 25.4. The third-order valence-corrected chi connectivity index (χ3v) is 6.85. The Morgan fingerprint density at radius 3 is 1.50 bits per heavy atom. The normalized spacial score (nSPS) is 21.9. The molecule has 1 fully saturated rings. The van der Waals surface area contributed by atoms with Crippen LogP contribution in [0.3, 0.4) is 0 Å². The van der Waals surface area contributed by atoms with Gasteiger partial charge < -0.3 is 14.7 Å². The van der Waals surface area contributed by atoms with Gasteiger partial charge in [0.15, 0.2) is 0 Å². The minimum absolute atomic E-state index is 1.01. The van der Waals surface area contributed by atoms with Gasteiger partial charge in [0, 0.05) is 58.9 Å². The first-order valence-corrected chi connectivity index (χ1v) is 12.8. The molecule has 0 aromatic carbocycles. The predicted molar refractivity (Wildman–Crippen MR) is 135 cm³/mol. The summed E-state index contributed by atoms with van der Waals surface area (Å²) >= 11 is 0. The van der Waals surface area contributed by atoms with E-state index in [1.165, 1.54) is 76.5 Å². The average molecular weight is 449 g/mol. The van der Waals surface area contributed by atoms with Gasteiger partial charge >= 0.3 is 0 Å². The number of hydrogen-bond acceptors (Lipinski definition) is 8. The molecular weight excluding hydrogens is 400 g/mol. The van der Waals surface area contributed by atoms with Gasteiger partial charge in [0.1, 0.15) is 0 Å². The molecule has 0 unspecified atom stereocenters. The van der Waals surface area contributed by atoms with Crippen LogP contribution in [-0.4, -0.2) is 141 Å². The lowest BCUT2D eigenvalue weighted by Crippen LogP contribution is -2.56. The Hall–Kier alpha value is -1.22. The van der Waals surface area contributed by atoms with Crippen LogP contribution >= 0.6 is 0 Å². The molecule has 0 radical (unpaired) electrons. The molecule has 8 heteroatoms. The molecule has 0 N–H and O–H groups in total. The van der Waals surface area contributed by atoms with E-state index < -0.39 is 0 Å². The molecule has 0 spiro atoms. The van der Waals surface area contributed by atoms with Crippen molar-refractivity contribution >= 4 is 11.7 Å². The maximum absolute atomic E-state index is 4.62. The first-order valence-electron chi connectivity index (χ1n) is 12.8. The van der Waals surface area contributed by atoms with Gasteiger partial charge in [-0.05, 0) is 66.6 Å². The third kappa shape index (κ3) is 8.61. The standard InChI is InChI=1S/C24H48N8/c1-23-25-10-5-16-31(23)18-8-14-29-20-28(13-7-12-27(3)4)21-30(22-29)15-9-19-32-17-6-11-26-24(32)2/h5-22H2,1-4H3. The molecule has 8 nitrogen and oxygen atoms in total. The SMILES string of the molecule is CC1=NCCCN1CCCN1CN(CCCN(C)C)CN(CCCN2CCCN=C2C)C1. The summed E-state index contributed by atoms with van der Waals surface area (Å²) in [4.78, 5) is 24.4.